The van der Waals surface area contributed by atoms with Crippen molar-refractivity contribution >= 4 is 5.71 Å². The van der Waals surface area contributed by atoms with Gasteiger partial charge in [-0.1, -0.05) is 30.3 Å². The van der Waals surface area contributed by atoms with E-state index >= 15 is 0 Å². The molecule has 1 N–H and O–H groups in total. The smallest absolute Gasteiger partial charge is 0.270 e. The minimum atomic E-state index is -2.87. The van der Waals surface area contributed by atoms with Gasteiger partial charge in [-0.2, -0.15) is 0 Å². The van der Waals surface area contributed by atoms with E-state index in [0.717, 1.165) is 6.92 Å². The van der Waals surface area contributed by atoms with Gasteiger partial charge in [-0.25, -0.2) is 8.78 Å². The van der Waals surface area contributed by atoms with Gasteiger partial charge >= 0.3 is 0 Å². The Balaban J connectivity index is 2.98. The van der Waals surface area contributed by atoms with Gasteiger partial charge in [-0.15, -0.1) is 0 Å². The lowest BCUT2D eigenvalue weighted by Crippen LogP contribution is -2.11. The predicted molar refractivity (Wildman–Crippen MR) is 69.1 cm³/mol. The minimum Gasteiger partial charge on any atom is -0.382 e. The number of benzene rings is 1. The summed E-state index contributed by atoms with van der Waals surface area (Å²) in [4.78, 5) is 3.96. The van der Waals surface area contributed by atoms with Gasteiger partial charge in [0.05, 0.1) is 5.71 Å². The molecule has 4 heteroatoms. The zero-order valence-corrected chi connectivity index (χ0v) is 10.7. The Hall–Kier alpha value is -1.55. The van der Waals surface area contributed by atoms with Gasteiger partial charge in [0.1, 0.15) is 6.10 Å². The second-order valence-electron chi connectivity index (χ2n) is 4.06. The molecule has 0 heterocycles. The highest BCUT2D eigenvalue weighted by Gasteiger charge is 2.24. The number of hydrogen-bond donors (Lipinski definition) is 1. The van der Waals surface area contributed by atoms with E-state index in [1.165, 1.54) is 24.3 Å². The summed E-state index contributed by atoms with van der Waals surface area (Å²) in [6.45, 7) is 2.66. The van der Waals surface area contributed by atoms with E-state index in [1.807, 2.05) is 6.92 Å². The van der Waals surface area contributed by atoms with Gasteiger partial charge in [0, 0.05) is 19.5 Å². The molecule has 0 aliphatic heterocycles. The number of nitrogens with zero attached hydrogens (tertiary/aromatic N) is 1. The van der Waals surface area contributed by atoms with Crippen LogP contribution in [-0.4, -0.2) is 17.9 Å². The number of alkyl halides is 2. The first-order valence-corrected chi connectivity index (χ1v) is 5.66. The number of aliphatic imine (C=N–C) groups is 1. The van der Waals surface area contributed by atoms with Gasteiger partial charge in [0.2, 0.25) is 0 Å². The summed E-state index contributed by atoms with van der Waals surface area (Å²) in [5.41, 5.74) is 0.967. The molecule has 0 amide bonds. The van der Waals surface area contributed by atoms with Gasteiger partial charge in [-0.05, 0) is 18.6 Å². The molecule has 2 nitrogen and oxygen atoms in total. The third kappa shape index (κ3) is 3.47. The van der Waals surface area contributed by atoms with E-state index in [2.05, 4.69) is 4.99 Å². The van der Waals surface area contributed by atoms with E-state index < -0.39 is 12.0 Å². The maximum Gasteiger partial charge on any atom is 0.270 e. The van der Waals surface area contributed by atoms with Gasteiger partial charge in [0.25, 0.3) is 5.92 Å². The normalized spacial score (nSPS) is 15.1. The molecule has 0 fully saturated rings. The summed E-state index contributed by atoms with van der Waals surface area (Å²) >= 11 is 0. The van der Waals surface area contributed by atoms with Crippen LogP contribution >= 0.6 is 0 Å². The molecule has 98 valence electrons. The van der Waals surface area contributed by atoms with Crippen LogP contribution in [0.25, 0.3) is 0 Å². The Labute approximate surface area is 106 Å². The van der Waals surface area contributed by atoms with Crippen molar-refractivity contribution in [3.63, 3.8) is 0 Å². The number of hydrogen-bond acceptors (Lipinski definition) is 2. The summed E-state index contributed by atoms with van der Waals surface area (Å²) in [6, 6.07) is 5.63. The molecule has 0 radical (unpaired) electrons. The molecule has 1 aromatic carbocycles. The van der Waals surface area contributed by atoms with E-state index in [4.69, 9.17) is 0 Å². The van der Waals surface area contributed by atoms with Crippen molar-refractivity contribution in [3.05, 3.63) is 47.5 Å². The summed E-state index contributed by atoms with van der Waals surface area (Å²) in [5, 5.41) is 10.0. The van der Waals surface area contributed by atoms with E-state index in [0.29, 0.717) is 11.3 Å². The van der Waals surface area contributed by atoms with E-state index in [-0.39, 0.29) is 5.56 Å². The highest BCUT2D eigenvalue weighted by atomic mass is 19.3. The van der Waals surface area contributed by atoms with Crippen LogP contribution in [0.4, 0.5) is 8.78 Å². The predicted octanol–water partition coefficient (Wildman–Crippen LogP) is 3.48. The van der Waals surface area contributed by atoms with Crippen molar-refractivity contribution in [1.29, 1.82) is 0 Å². The maximum absolute atomic E-state index is 13.0. The third-order valence-electron chi connectivity index (χ3n) is 2.61. The van der Waals surface area contributed by atoms with Crippen molar-refractivity contribution in [2.75, 3.05) is 7.05 Å². The van der Waals surface area contributed by atoms with Crippen LogP contribution in [0.3, 0.4) is 0 Å². The van der Waals surface area contributed by atoms with Crippen LogP contribution in [0.5, 0.6) is 0 Å². The van der Waals surface area contributed by atoms with Crippen LogP contribution < -0.4 is 0 Å². The van der Waals surface area contributed by atoms with Crippen molar-refractivity contribution in [2.24, 2.45) is 4.99 Å². The highest BCUT2D eigenvalue weighted by molar-refractivity contribution is 5.98. The number of aliphatic hydroxyl groups is 1. The number of rotatable bonds is 4. The zero-order chi connectivity index (χ0) is 13.8. The average molecular weight is 253 g/mol. The first-order valence-electron chi connectivity index (χ1n) is 5.66. The van der Waals surface area contributed by atoms with Crippen LogP contribution in [0, 0.1) is 0 Å². The van der Waals surface area contributed by atoms with Crippen molar-refractivity contribution in [2.45, 2.75) is 25.9 Å². The fourth-order valence-electron chi connectivity index (χ4n) is 1.59. The minimum absolute atomic E-state index is 0.0699. The second-order valence-corrected chi connectivity index (χ2v) is 4.06. The Morgan fingerprint density at radius 3 is 2.28 bits per heavy atom. The molecule has 0 aliphatic carbocycles. The molecule has 0 aromatic heterocycles. The number of aliphatic hydroxyl groups excluding tert-OH is 1. The molecule has 0 aliphatic rings. The second kappa shape index (κ2) is 5.87. The molecule has 0 spiro atoms. The lowest BCUT2D eigenvalue weighted by Gasteiger charge is -2.14. The van der Waals surface area contributed by atoms with Crippen LogP contribution in [0.1, 0.15) is 31.1 Å². The molecule has 0 saturated carbocycles. The molecule has 0 bridgehead atoms. The standard InChI is InChI=1S/C14H17F2NO/c1-4-5-12(17-3)13(18)10-6-8-11(9-7-10)14(2,15)16/h4-9,13,18H,1-3H3/b5-4-,17-12?. The summed E-state index contributed by atoms with van der Waals surface area (Å²) in [7, 11) is 1.58. The summed E-state index contributed by atoms with van der Waals surface area (Å²) in [6.07, 6.45) is 2.55. The van der Waals surface area contributed by atoms with Crippen LogP contribution in [0.2, 0.25) is 0 Å². The van der Waals surface area contributed by atoms with Crippen LogP contribution in [-0.2, 0) is 5.92 Å². The maximum atomic E-state index is 13.0. The lowest BCUT2D eigenvalue weighted by atomic mass is 10.0. The molecule has 1 atom stereocenters. The van der Waals surface area contributed by atoms with E-state index in [1.54, 1.807) is 19.2 Å². The molecule has 18 heavy (non-hydrogen) atoms. The van der Waals surface area contributed by atoms with Gasteiger partial charge < -0.3 is 5.11 Å². The fourth-order valence-corrected chi connectivity index (χ4v) is 1.59. The first-order chi connectivity index (χ1) is 8.40. The number of allylic oxidation sites excluding steroid dienone is 1. The molecule has 1 unspecified atom stereocenters. The highest BCUT2D eigenvalue weighted by Crippen LogP contribution is 2.28. The Morgan fingerprint density at radius 2 is 1.89 bits per heavy atom. The van der Waals surface area contributed by atoms with Gasteiger partial charge in [-0.3, -0.25) is 4.99 Å². The number of halogens is 2. The molecule has 1 aromatic rings. The Bertz CT molecular complexity index is 444. The Kier molecular flexibility index (Phi) is 4.73. The van der Waals surface area contributed by atoms with Crippen LogP contribution in [0.15, 0.2) is 41.4 Å². The van der Waals surface area contributed by atoms with Crippen molar-refractivity contribution in [1.82, 2.24) is 0 Å². The summed E-state index contributed by atoms with van der Waals surface area (Å²) in [5.74, 6) is -2.87. The topological polar surface area (TPSA) is 32.6 Å². The lowest BCUT2D eigenvalue weighted by molar-refractivity contribution is 0.0174. The van der Waals surface area contributed by atoms with Gasteiger partial charge in [0.15, 0.2) is 0 Å². The fraction of sp³-hybridized carbons (Fsp3) is 0.357. The van der Waals surface area contributed by atoms with Crippen molar-refractivity contribution < 1.29 is 13.9 Å². The first kappa shape index (κ1) is 14.5. The van der Waals surface area contributed by atoms with Crippen molar-refractivity contribution in [3.8, 4) is 0 Å². The quantitative estimate of drug-likeness (QED) is 0.819. The molecular weight excluding hydrogens is 236 g/mol. The average Bonchev–Trinajstić information content (AvgIpc) is 2.34. The molecule has 0 saturated heterocycles. The van der Waals surface area contributed by atoms with E-state index in [9.17, 15) is 13.9 Å². The SMILES string of the molecule is C/C=C\C(=NC)C(O)c1ccc(C(C)(F)F)cc1. The monoisotopic (exact) mass is 253 g/mol. The zero-order valence-electron chi connectivity index (χ0n) is 10.7. The largest absolute Gasteiger partial charge is 0.382 e. The third-order valence-corrected chi connectivity index (χ3v) is 2.61. The summed E-state index contributed by atoms with van der Waals surface area (Å²) < 4.78 is 26.1. The molecule has 1 rings (SSSR count). The molecular formula is C14H17F2NO. The Morgan fingerprint density at radius 1 is 1.33 bits per heavy atom.